The van der Waals surface area contributed by atoms with Gasteiger partial charge < -0.3 is 15.2 Å². The minimum Gasteiger partial charge on any atom is -0.461 e. The molecule has 5 nitrogen and oxygen atoms in total. The van der Waals surface area contributed by atoms with Crippen LogP contribution in [0.3, 0.4) is 0 Å². The second-order valence-corrected chi connectivity index (χ2v) is 3.35. The Labute approximate surface area is 96.0 Å². The Kier molecular flexibility index (Phi) is 6.44. The lowest BCUT2D eigenvalue weighted by molar-refractivity contribution is 0.0947. The molecule has 0 aliphatic rings. The number of hydrogen-bond acceptors (Lipinski definition) is 5. The van der Waals surface area contributed by atoms with Gasteiger partial charge in [-0.05, 0) is 12.5 Å². The van der Waals surface area contributed by atoms with Gasteiger partial charge in [0.2, 0.25) is 0 Å². The van der Waals surface area contributed by atoms with E-state index >= 15 is 0 Å². The van der Waals surface area contributed by atoms with E-state index in [1.165, 1.54) is 0 Å². The molecule has 1 aromatic heterocycles. The molecule has 16 heavy (non-hydrogen) atoms. The van der Waals surface area contributed by atoms with Gasteiger partial charge in [0, 0.05) is 19.3 Å². The zero-order valence-electron chi connectivity index (χ0n) is 9.69. The molecule has 5 heteroatoms. The van der Waals surface area contributed by atoms with Crippen molar-refractivity contribution in [2.75, 3.05) is 19.8 Å². The van der Waals surface area contributed by atoms with E-state index in [0.717, 1.165) is 25.1 Å². The molecule has 0 aromatic carbocycles. The van der Waals surface area contributed by atoms with Crippen molar-refractivity contribution in [1.82, 2.24) is 9.97 Å². The molecule has 0 atom stereocenters. The van der Waals surface area contributed by atoms with Crippen LogP contribution in [0.2, 0.25) is 0 Å². The first-order valence-corrected chi connectivity index (χ1v) is 5.59. The van der Waals surface area contributed by atoms with Crippen LogP contribution in [0.1, 0.15) is 25.5 Å². The van der Waals surface area contributed by atoms with Crippen molar-refractivity contribution in [3.8, 4) is 6.01 Å². The molecular formula is C11H19N3O2. The minimum atomic E-state index is 0.363. The maximum absolute atomic E-state index is 5.46. The van der Waals surface area contributed by atoms with Crippen LogP contribution >= 0.6 is 0 Å². The van der Waals surface area contributed by atoms with E-state index in [4.69, 9.17) is 15.2 Å². The smallest absolute Gasteiger partial charge is 0.316 e. The fraction of sp³-hybridized carbons (Fsp3) is 0.636. The number of unbranched alkanes of at least 4 members (excludes halogenated alkanes) is 1. The van der Waals surface area contributed by atoms with Crippen molar-refractivity contribution in [2.45, 2.75) is 26.3 Å². The quantitative estimate of drug-likeness (QED) is 0.671. The highest BCUT2D eigenvalue weighted by Crippen LogP contribution is 2.02. The predicted molar refractivity (Wildman–Crippen MR) is 61.1 cm³/mol. The molecule has 0 aliphatic carbocycles. The second-order valence-electron chi connectivity index (χ2n) is 3.35. The zero-order chi connectivity index (χ0) is 11.6. The topological polar surface area (TPSA) is 70.3 Å². The fourth-order valence-electron chi connectivity index (χ4n) is 1.10. The lowest BCUT2D eigenvalue weighted by atomic mass is 10.4. The molecule has 0 unspecified atom stereocenters. The van der Waals surface area contributed by atoms with Gasteiger partial charge in [-0.25, -0.2) is 4.98 Å². The van der Waals surface area contributed by atoms with Crippen LogP contribution in [-0.4, -0.2) is 29.8 Å². The van der Waals surface area contributed by atoms with Crippen LogP contribution in [0.15, 0.2) is 12.3 Å². The Balaban J connectivity index is 2.16. The third kappa shape index (κ3) is 5.04. The van der Waals surface area contributed by atoms with E-state index in [9.17, 15) is 0 Å². The summed E-state index contributed by atoms with van der Waals surface area (Å²) in [6, 6.07) is 2.13. The van der Waals surface area contributed by atoms with Crippen molar-refractivity contribution in [1.29, 1.82) is 0 Å². The van der Waals surface area contributed by atoms with Gasteiger partial charge >= 0.3 is 6.01 Å². The summed E-state index contributed by atoms with van der Waals surface area (Å²) < 4.78 is 10.7. The largest absolute Gasteiger partial charge is 0.461 e. The maximum Gasteiger partial charge on any atom is 0.316 e. The third-order valence-electron chi connectivity index (χ3n) is 2.00. The minimum absolute atomic E-state index is 0.363. The molecule has 1 heterocycles. The van der Waals surface area contributed by atoms with Crippen LogP contribution in [0.25, 0.3) is 0 Å². The summed E-state index contributed by atoms with van der Waals surface area (Å²) in [6.45, 7) is 4.34. The first kappa shape index (κ1) is 12.9. The average molecular weight is 225 g/mol. The Morgan fingerprint density at radius 2 is 2.19 bits per heavy atom. The molecular weight excluding hydrogens is 206 g/mol. The van der Waals surface area contributed by atoms with E-state index < -0.39 is 0 Å². The lowest BCUT2D eigenvalue weighted by Crippen LogP contribution is -2.10. The number of rotatable bonds is 8. The standard InChI is InChI=1S/C11H19N3O2/c1-2-3-6-15-7-8-16-11-13-5-4-10(9-12)14-11/h4-5H,2-3,6-9,12H2,1H3. The first-order chi connectivity index (χ1) is 7.86. The summed E-state index contributed by atoms with van der Waals surface area (Å²) >= 11 is 0. The Bertz CT molecular complexity index is 294. The normalized spacial score (nSPS) is 10.4. The molecule has 0 saturated heterocycles. The Hall–Kier alpha value is -1.20. The Morgan fingerprint density at radius 3 is 2.94 bits per heavy atom. The molecule has 0 saturated carbocycles. The van der Waals surface area contributed by atoms with Gasteiger partial charge in [-0.1, -0.05) is 13.3 Å². The number of nitrogens with two attached hydrogens (primary N) is 1. The first-order valence-electron chi connectivity index (χ1n) is 5.59. The van der Waals surface area contributed by atoms with Gasteiger partial charge in [-0.3, -0.25) is 0 Å². The average Bonchev–Trinajstić information content (AvgIpc) is 2.34. The summed E-state index contributed by atoms with van der Waals surface area (Å²) in [6.07, 6.45) is 3.87. The number of aromatic nitrogens is 2. The number of hydrogen-bond donors (Lipinski definition) is 1. The monoisotopic (exact) mass is 225 g/mol. The molecule has 1 rings (SSSR count). The highest BCUT2D eigenvalue weighted by molar-refractivity contribution is 5.04. The predicted octanol–water partition coefficient (Wildman–Crippen LogP) is 1.13. The summed E-state index contributed by atoms with van der Waals surface area (Å²) in [4.78, 5) is 8.09. The van der Waals surface area contributed by atoms with Crippen LogP contribution in [-0.2, 0) is 11.3 Å². The van der Waals surface area contributed by atoms with Crippen LogP contribution < -0.4 is 10.5 Å². The summed E-state index contributed by atoms with van der Waals surface area (Å²) in [5.41, 5.74) is 6.23. The molecule has 0 fully saturated rings. The van der Waals surface area contributed by atoms with Gasteiger partial charge in [-0.15, -0.1) is 0 Å². The van der Waals surface area contributed by atoms with Crippen molar-refractivity contribution in [2.24, 2.45) is 5.73 Å². The maximum atomic E-state index is 5.46. The summed E-state index contributed by atoms with van der Waals surface area (Å²) in [5.74, 6) is 0. The van der Waals surface area contributed by atoms with Crippen molar-refractivity contribution < 1.29 is 9.47 Å². The molecule has 0 bridgehead atoms. The summed E-state index contributed by atoms with van der Waals surface area (Å²) in [7, 11) is 0. The van der Waals surface area contributed by atoms with Gasteiger partial charge in [0.1, 0.15) is 6.61 Å². The van der Waals surface area contributed by atoms with Gasteiger partial charge in [0.05, 0.1) is 12.3 Å². The molecule has 0 spiro atoms. The zero-order valence-corrected chi connectivity index (χ0v) is 9.69. The molecule has 0 amide bonds. The lowest BCUT2D eigenvalue weighted by Gasteiger charge is -2.05. The number of ether oxygens (including phenoxy) is 2. The van der Waals surface area contributed by atoms with Crippen LogP contribution in [0.5, 0.6) is 6.01 Å². The van der Waals surface area contributed by atoms with Crippen molar-refractivity contribution >= 4 is 0 Å². The van der Waals surface area contributed by atoms with Crippen molar-refractivity contribution in [3.05, 3.63) is 18.0 Å². The van der Waals surface area contributed by atoms with Crippen LogP contribution in [0, 0.1) is 0 Å². The molecule has 90 valence electrons. The molecule has 0 radical (unpaired) electrons. The SMILES string of the molecule is CCCCOCCOc1nccc(CN)n1. The molecule has 0 aliphatic heterocycles. The van der Waals surface area contributed by atoms with Crippen molar-refractivity contribution in [3.63, 3.8) is 0 Å². The second kappa shape index (κ2) is 8.01. The van der Waals surface area contributed by atoms with Gasteiger partial charge in [0.15, 0.2) is 0 Å². The van der Waals surface area contributed by atoms with E-state index in [1.54, 1.807) is 12.3 Å². The Morgan fingerprint density at radius 1 is 1.31 bits per heavy atom. The molecule has 1 aromatic rings. The van der Waals surface area contributed by atoms with Gasteiger partial charge in [0.25, 0.3) is 0 Å². The highest BCUT2D eigenvalue weighted by Gasteiger charge is 1.98. The van der Waals surface area contributed by atoms with E-state index in [-0.39, 0.29) is 0 Å². The molecule has 2 N–H and O–H groups in total. The van der Waals surface area contributed by atoms with E-state index in [1.807, 2.05) is 0 Å². The van der Waals surface area contributed by atoms with E-state index in [0.29, 0.717) is 25.8 Å². The fourth-order valence-corrected chi connectivity index (χ4v) is 1.10. The van der Waals surface area contributed by atoms with Crippen LogP contribution in [0.4, 0.5) is 0 Å². The highest BCUT2D eigenvalue weighted by atomic mass is 16.5. The van der Waals surface area contributed by atoms with Gasteiger partial charge in [-0.2, -0.15) is 4.98 Å². The van der Waals surface area contributed by atoms with E-state index in [2.05, 4.69) is 16.9 Å². The number of nitrogens with zero attached hydrogens (tertiary/aromatic N) is 2. The summed E-state index contributed by atoms with van der Waals surface area (Å²) in [5, 5.41) is 0. The third-order valence-corrected chi connectivity index (χ3v) is 2.00.